The maximum absolute atomic E-state index is 11.3. The topological polar surface area (TPSA) is 139 Å². The molecule has 0 saturated heterocycles. The Morgan fingerprint density at radius 3 is 2.53 bits per heavy atom. The molecule has 9 heteroatoms. The fourth-order valence-electron chi connectivity index (χ4n) is 1.36. The highest BCUT2D eigenvalue weighted by molar-refractivity contribution is 5.80. The SMILES string of the molecule is N#CCNC(=O)Cc1ccc([N+](=O)[O-])cc1[N+](=O)[O-]. The first-order chi connectivity index (χ1) is 8.95. The summed E-state index contributed by atoms with van der Waals surface area (Å²) in [5.41, 5.74) is -0.875. The Morgan fingerprint density at radius 1 is 1.32 bits per heavy atom. The van der Waals surface area contributed by atoms with Crippen molar-refractivity contribution in [2.45, 2.75) is 6.42 Å². The lowest BCUT2D eigenvalue weighted by Gasteiger charge is -2.03. The van der Waals surface area contributed by atoms with Crippen LogP contribution in [-0.4, -0.2) is 22.3 Å². The van der Waals surface area contributed by atoms with Gasteiger partial charge in [0.2, 0.25) is 5.91 Å². The summed E-state index contributed by atoms with van der Waals surface area (Å²) in [4.78, 5) is 31.1. The first kappa shape index (κ1) is 14.0. The molecule has 19 heavy (non-hydrogen) atoms. The second-order valence-corrected chi connectivity index (χ2v) is 3.44. The Hall–Kier alpha value is -3.02. The van der Waals surface area contributed by atoms with Crippen LogP contribution >= 0.6 is 0 Å². The molecule has 1 rings (SSSR count). The van der Waals surface area contributed by atoms with Crippen LogP contribution in [0.1, 0.15) is 5.56 Å². The first-order valence-corrected chi connectivity index (χ1v) is 5.01. The predicted octanol–water partition coefficient (Wildman–Crippen LogP) is 0.685. The zero-order valence-corrected chi connectivity index (χ0v) is 9.53. The molecule has 0 heterocycles. The van der Waals surface area contributed by atoms with E-state index in [1.165, 1.54) is 0 Å². The van der Waals surface area contributed by atoms with Crippen molar-refractivity contribution < 1.29 is 14.6 Å². The third-order valence-electron chi connectivity index (χ3n) is 2.19. The number of rotatable bonds is 5. The summed E-state index contributed by atoms with van der Waals surface area (Å²) >= 11 is 0. The molecule has 0 aromatic heterocycles. The number of hydrogen-bond acceptors (Lipinski definition) is 6. The summed E-state index contributed by atoms with van der Waals surface area (Å²) in [5.74, 6) is -0.571. The highest BCUT2D eigenvalue weighted by Gasteiger charge is 2.20. The lowest BCUT2D eigenvalue weighted by atomic mass is 10.1. The molecule has 1 aromatic rings. The summed E-state index contributed by atoms with van der Waals surface area (Å²) in [6, 6.07) is 4.73. The van der Waals surface area contributed by atoms with E-state index in [1.807, 2.05) is 0 Å². The van der Waals surface area contributed by atoms with Gasteiger partial charge in [-0.2, -0.15) is 5.26 Å². The maximum Gasteiger partial charge on any atom is 0.279 e. The Bertz CT molecular complexity index is 578. The molecule has 0 aliphatic heterocycles. The van der Waals surface area contributed by atoms with E-state index < -0.39 is 27.1 Å². The monoisotopic (exact) mass is 264 g/mol. The number of nitriles is 1. The van der Waals surface area contributed by atoms with Crippen LogP contribution in [-0.2, 0) is 11.2 Å². The number of amides is 1. The number of nitrogens with one attached hydrogen (secondary N) is 1. The van der Waals surface area contributed by atoms with E-state index in [2.05, 4.69) is 5.32 Å². The molecular weight excluding hydrogens is 256 g/mol. The van der Waals surface area contributed by atoms with Crippen molar-refractivity contribution in [2.24, 2.45) is 0 Å². The van der Waals surface area contributed by atoms with Crippen LogP contribution in [0, 0.1) is 31.6 Å². The quantitative estimate of drug-likeness (QED) is 0.471. The molecule has 1 amide bonds. The average Bonchev–Trinajstić information content (AvgIpc) is 2.36. The second-order valence-electron chi connectivity index (χ2n) is 3.44. The fraction of sp³-hybridized carbons (Fsp3) is 0.200. The lowest BCUT2D eigenvalue weighted by molar-refractivity contribution is -0.394. The summed E-state index contributed by atoms with van der Waals surface area (Å²) < 4.78 is 0. The Balaban J connectivity index is 3.01. The normalized spacial score (nSPS) is 9.42. The molecular formula is C10H8N4O5. The maximum atomic E-state index is 11.3. The van der Waals surface area contributed by atoms with E-state index in [4.69, 9.17) is 5.26 Å². The molecule has 0 radical (unpaired) electrons. The Kier molecular flexibility index (Phi) is 4.48. The number of nitrogens with zero attached hydrogens (tertiary/aromatic N) is 3. The van der Waals surface area contributed by atoms with Crippen molar-refractivity contribution in [1.29, 1.82) is 5.26 Å². The van der Waals surface area contributed by atoms with Gasteiger partial charge in [0.05, 0.1) is 28.4 Å². The van der Waals surface area contributed by atoms with E-state index >= 15 is 0 Å². The zero-order chi connectivity index (χ0) is 14.4. The summed E-state index contributed by atoms with van der Waals surface area (Å²) in [6.07, 6.45) is -0.323. The minimum absolute atomic E-state index is 0.0473. The fourth-order valence-corrected chi connectivity index (χ4v) is 1.36. The van der Waals surface area contributed by atoms with E-state index in [1.54, 1.807) is 6.07 Å². The number of carbonyl (C=O) groups is 1. The van der Waals surface area contributed by atoms with Gasteiger partial charge in [-0.25, -0.2) is 0 Å². The van der Waals surface area contributed by atoms with Gasteiger partial charge in [0.1, 0.15) is 6.54 Å². The standard InChI is InChI=1S/C10H8N4O5/c11-3-4-12-10(15)5-7-1-2-8(13(16)17)6-9(7)14(18)19/h1-2,6H,4-5H2,(H,12,15). The van der Waals surface area contributed by atoms with Gasteiger partial charge in [-0.05, 0) is 6.07 Å². The molecule has 98 valence electrons. The van der Waals surface area contributed by atoms with Crippen LogP contribution < -0.4 is 5.32 Å². The van der Waals surface area contributed by atoms with E-state index in [0.717, 1.165) is 18.2 Å². The van der Waals surface area contributed by atoms with Crippen molar-refractivity contribution in [3.63, 3.8) is 0 Å². The summed E-state index contributed by atoms with van der Waals surface area (Å²) in [7, 11) is 0. The zero-order valence-electron chi connectivity index (χ0n) is 9.53. The van der Waals surface area contributed by atoms with E-state index in [-0.39, 0.29) is 18.5 Å². The highest BCUT2D eigenvalue weighted by atomic mass is 16.6. The van der Waals surface area contributed by atoms with Gasteiger partial charge in [0.15, 0.2) is 0 Å². The molecule has 0 unspecified atom stereocenters. The molecule has 1 aromatic carbocycles. The number of nitro benzene ring substituents is 2. The third kappa shape index (κ3) is 3.74. The molecule has 1 N–H and O–H groups in total. The van der Waals surface area contributed by atoms with Gasteiger partial charge < -0.3 is 5.32 Å². The van der Waals surface area contributed by atoms with Gasteiger partial charge in [0, 0.05) is 11.6 Å². The molecule has 9 nitrogen and oxygen atoms in total. The Morgan fingerprint density at radius 2 is 2.00 bits per heavy atom. The third-order valence-corrected chi connectivity index (χ3v) is 2.19. The van der Waals surface area contributed by atoms with Crippen LogP contribution in [0.3, 0.4) is 0 Å². The molecule has 0 aliphatic rings. The van der Waals surface area contributed by atoms with Gasteiger partial charge in [-0.3, -0.25) is 25.0 Å². The van der Waals surface area contributed by atoms with Crippen LogP contribution in [0.2, 0.25) is 0 Å². The highest BCUT2D eigenvalue weighted by Crippen LogP contribution is 2.24. The predicted molar refractivity (Wildman–Crippen MR) is 62.1 cm³/mol. The number of benzene rings is 1. The summed E-state index contributed by atoms with van der Waals surface area (Å²) in [5, 5.41) is 31.8. The second kappa shape index (κ2) is 6.06. The van der Waals surface area contributed by atoms with Crippen LogP contribution in [0.25, 0.3) is 0 Å². The van der Waals surface area contributed by atoms with E-state index in [0.29, 0.717) is 0 Å². The van der Waals surface area contributed by atoms with Gasteiger partial charge in [-0.1, -0.05) is 0 Å². The van der Waals surface area contributed by atoms with Crippen LogP contribution in [0.5, 0.6) is 0 Å². The van der Waals surface area contributed by atoms with Crippen molar-refractivity contribution >= 4 is 17.3 Å². The number of carbonyl (C=O) groups excluding carboxylic acids is 1. The minimum atomic E-state index is -0.792. The van der Waals surface area contributed by atoms with E-state index in [9.17, 15) is 25.0 Å². The smallest absolute Gasteiger partial charge is 0.279 e. The van der Waals surface area contributed by atoms with Crippen molar-refractivity contribution in [3.8, 4) is 6.07 Å². The Labute approximate surface area is 106 Å². The summed E-state index contributed by atoms with van der Waals surface area (Å²) in [6.45, 7) is -0.209. The molecule has 0 bridgehead atoms. The van der Waals surface area contributed by atoms with Crippen LogP contribution in [0.4, 0.5) is 11.4 Å². The number of hydrogen-bond donors (Lipinski definition) is 1. The van der Waals surface area contributed by atoms with Crippen molar-refractivity contribution in [2.75, 3.05) is 6.54 Å². The van der Waals surface area contributed by atoms with Crippen molar-refractivity contribution in [3.05, 3.63) is 44.0 Å². The van der Waals surface area contributed by atoms with Gasteiger partial charge in [-0.15, -0.1) is 0 Å². The van der Waals surface area contributed by atoms with Gasteiger partial charge >= 0.3 is 0 Å². The molecule has 0 saturated carbocycles. The number of non-ortho nitro benzene ring substituents is 1. The minimum Gasteiger partial charge on any atom is -0.343 e. The molecule has 0 aliphatic carbocycles. The van der Waals surface area contributed by atoms with Crippen LogP contribution in [0.15, 0.2) is 18.2 Å². The molecule has 0 atom stereocenters. The van der Waals surface area contributed by atoms with Crippen molar-refractivity contribution in [1.82, 2.24) is 5.32 Å². The van der Waals surface area contributed by atoms with Gasteiger partial charge in [0.25, 0.3) is 11.4 Å². The lowest BCUT2D eigenvalue weighted by Crippen LogP contribution is -2.25. The number of nitro groups is 2. The molecule has 0 fully saturated rings. The average molecular weight is 264 g/mol. The molecule has 0 spiro atoms. The largest absolute Gasteiger partial charge is 0.343 e. The first-order valence-electron chi connectivity index (χ1n) is 5.01.